The number of carboxylic acids is 1. The van der Waals surface area contributed by atoms with E-state index in [-0.39, 0.29) is 18.9 Å². The van der Waals surface area contributed by atoms with E-state index in [2.05, 4.69) is 20.9 Å². The van der Waals surface area contributed by atoms with Crippen molar-refractivity contribution in [3.63, 3.8) is 0 Å². The first-order chi connectivity index (χ1) is 15.1. The Hall–Kier alpha value is -3.40. The number of amides is 3. The zero-order valence-corrected chi connectivity index (χ0v) is 18.5. The molecular formula is C22H31N5O5. The van der Waals surface area contributed by atoms with Crippen LogP contribution in [0.25, 0.3) is 10.9 Å². The molecule has 0 fully saturated rings. The summed E-state index contributed by atoms with van der Waals surface area (Å²) in [4.78, 5) is 51.7. The summed E-state index contributed by atoms with van der Waals surface area (Å²) < 4.78 is 0. The molecule has 3 atom stereocenters. The SMILES string of the molecule is CC(C)CC(NC(=O)C(C)NC(=O)CN)C(=O)NC(Cc1c[nH]c2ccccc12)C(=O)O. The minimum absolute atomic E-state index is 0.0527. The minimum atomic E-state index is -1.18. The summed E-state index contributed by atoms with van der Waals surface area (Å²) in [7, 11) is 0. The fraction of sp³-hybridized carbons (Fsp3) is 0.455. The molecular weight excluding hydrogens is 414 g/mol. The van der Waals surface area contributed by atoms with Gasteiger partial charge in [-0.25, -0.2) is 4.79 Å². The topological polar surface area (TPSA) is 166 Å². The molecule has 0 bridgehead atoms. The molecule has 10 heteroatoms. The molecule has 0 saturated carbocycles. The number of carbonyl (C=O) groups excluding carboxylic acids is 3. The summed E-state index contributed by atoms with van der Waals surface area (Å²) in [5.74, 6) is -2.78. The molecule has 0 aliphatic rings. The van der Waals surface area contributed by atoms with Crippen molar-refractivity contribution in [2.75, 3.05) is 6.54 Å². The van der Waals surface area contributed by atoms with Crippen molar-refractivity contribution in [1.82, 2.24) is 20.9 Å². The van der Waals surface area contributed by atoms with Gasteiger partial charge in [-0.05, 0) is 30.9 Å². The van der Waals surface area contributed by atoms with Crippen LogP contribution < -0.4 is 21.7 Å². The van der Waals surface area contributed by atoms with E-state index < -0.39 is 41.8 Å². The molecule has 0 spiro atoms. The lowest BCUT2D eigenvalue weighted by Gasteiger charge is -2.24. The number of aliphatic carboxylic acids is 1. The van der Waals surface area contributed by atoms with Crippen LogP contribution in [0.1, 0.15) is 32.8 Å². The second-order valence-electron chi connectivity index (χ2n) is 8.15. The Morgan fingerprint density at radius 1 is 1.00 bits per heavy atom. The number of hydrogen-bond donors (Lipinski definition) is 6. The largest absolute Gasteiger partial charge is 0.480 e. The van der Waals surface area contributed by atoms with Gasteiger partial charge in [-0.15, -0.1) is 0 Å². The normalized spacial score (nSPS) is 13.9. The van der Waals surface area contributed by atoms with E-state index in [1.54, 1.807) is 6.20 Å². The summed E-state index contributed by atoms with van der Waals surface area (Å²) in [6, 6.07) is 4.46. The van der Waals surface area contributed by atoms with Crippen LogP contribution in [0.2, 0.25) is 0 Å². The second-order valence-corrected chi connectivity index (χ2v) is 8.15. The highest BCUT2D eigenvalue weighted by molar-refractivity contribution is 5.93. The van der Waals surface area contributed by atoms with Crippen molar-refractivity contribution in [1.29, 1.82) is 0 Å². The third-order valence-electron chi connectivity index (χ3n) is 5.01. The number of benzene rings is 1. The number of rotatable bonds is 11. The zero-order valence-electron chi connectivity index (χ0n) is 18.5. The van der Waals surface area contributed by atoms with E-state index in [4.69, 9.17) is 5.73 Å². The molecule has 32 heavy (non-hydrogen) atoms. The molecule has 7 N–H and O–H groups in total. The van der Waals surface area contributed by atoms with E-state index in [0.717, 1.165) is 16.5 Å². The number of carboxylic acid groups (broad SMARTS) is 1. The van der Waals surface area contributed by atoms with E-state index in [0.29, 0.717) is 6.42 Å². The second kappa shape index (κ2) is 11.3. The fourth-order valence-electron chi connectivity index (χ4n) is 3.36. The maximum Gasteiger partial charge on any atom is 0.326 e. The van der Waals surface area contributed by atoms with Crippen molar-refractivity contribution < 1.29 is 24.3 Å². The summed E-state index contributed by atoms with van der Waals surface area (Å²) in [6.45, 7) is 4.98. The van der Waals surface area contributed by atoms with Crippen LogP contribution in [0.3, 0.4) is 0 Å². The fourth-order valence-corrected chi connectivity index (χ4v) is 3.36. The smallest absolute Gasteiger partial charge is 0.326 e. The van der Waals surface area contributed by atoms with Gasteiger partial charge in [0.15, 0.2) is 0 Å². The molecule has 0 aliphatic heterocycles. The highest BCUT2D eigenvalue weighted by Gasteiger charge is 2.29. The van der Waals surface area contributed by atoms with Crippen LogP contribution in [0.15, 0.2) is 30.5 Å². The number of H-pyrrole nitrogens is 1. The Morgan fingerprint density at radius 3 is 2.28 bits per heavy atom. The van der Waals surface area contributed by atoms with Gasteiger partial charge in [0, 0.05) is 23.5 Å². The van der Waals surface area contributed by atoms with E-state index in [1.807, 2.05) is 38.1 Å². The molecule has 1 aromatic heterocycles. The van der Waals surface area contributed by atoms with Crippen LogP contribution in [0.5, 0.6) is 0 Å². The van der Waals surface area contributed by atoms with Crippen molar-refractivity contribution in [2.45, 2.75) is 51.7 Å². The lowest BCUT2D eigenvalue weighted by molar-refractivity contribution is -0.142. The number of carbonyl (C=O) groups is 4. The summed E-state index contributed by atoms with van der Waals surface area (Å²) in [6.07, 6.45) is 2.10. The van der Waals surface area contributed by atoms with E-state index in [1.165, 1.54) is 6.92 Å². The summed E-state index contributed by atoms with van der Waals surface area (Å²) in [5, 5.41) is 18.1. The first-order valence-electron chi connectivity index (χ1n) is 10.5. The standard InChI is InChI=1S/C22H31N5O5/c1-12(2)8-17(26-20(29)13(3)25-19(28)10-23)21(30)27-18(22(31)32)9-14-11-24-16-7-5-4-6-15(14)16/h4-7,11-13,17-18,24H,8-10,23H2,1-3H3,(H,25,28)(H,26,29)(H,27,30)(H,31,32). The molecule has 174 valence electrons. The predicted molar refractivity (Wildman–Crippen MR) is 120 cm³/mol. The Labute approximate surface area is 186 Å². The van der Waals surface area contributed by atoms with Crippen LogP contribution in [0, 0.1) is 5.92 Å². The molecule has 0 radical (unpaired) electrons. The third-order valence-corrected chi connectivity index (χ3v) is 5.01. The van der Waals surface area contributed by atoms with Gasteiger partial charge in [-0.2, -0.15) is 0 Å². The Balaban J connectivity index is 2.12. The Bertz CT molecular complexity index is 971. The van der Waals surface area contributed by atoms with E-state index in [9.17, 15) is 24.3 Å². The molecule has 0 aliphatic carbocycles. The number of nitrogens with two attached hydrogens (primary N) is 1. The van der Waals surface area contributed by atoms with Gasteiger partial charge in [0.1, 0.15) is 18.1 Å². The lowest BCUT2D eigenvalue weighted by Crippen LogP contribution is -2.56. The number of para-hydroxylation sites is 1. The van der Waals surface area contributed by atoms with Gasteiger partial charge >= 0.3 is 5.97 Å². The molecule has 1 aromatic carbocycles. The molecule has 10 nitrogen and oxygen atoms in total. The van der Waals surface area contributed by atoms with Gasteiger partial charge in [0.05, 0.1) is 6.54 Å². The van der Waals surface area contributed by atoms with Crippen LogP contribution in [-0.4, -0.2) is 58.5 Å². The average Bonchev–Trinajstić information content (AvgIpc) is 3.14. The summed E-state index contributed by atoms with van der Waals surface area (Å²) >= 11 is 0. The lowest BCUT2D eigenvalue weighted by atomic mass is 10.0. The predicted octanol–water partition coefficient (Wildman–Crippen LogP) is 0.274. The molecule has 3 amide bonds. The molecule has 3 unspecified atom stereocenters. The number of hydrogen-bond acceptors (Lipinski definition) is 5. The van der Waals surface area contributed by atoms with Crippen LogP contribution >= 0.6 is 0 Å². The van der Waals surface area contributed by atoms with Gasteiger partial charge in [0.2, 0.25) is 17.7 Å². The van der Waals surface area contributed by atoms with E-state index >= 15 is 0 Å². The first-order valence-corrected chi connectivity index (χ1v) is 10.5. The molecule has 2 rings (SSSR count). The highest BCUT2D eigenvalue weighted by Crippen LogP contribution is 2.19. The van der Waals surface area contributed by atoms with Gasteiger partial charge < -0.3 is 31.8 Å². The van der Waals surface area contributed by atoms with Crippen molar-refractivity contribution in [3.8, 4) is 0 Å². The number of nitrogens with one attached hydrogen (secondary N) is 4. The third kappa shape index (κ3) is 6.81. The van der Waals surface area contributed by atoms with Gasteiger partial charge in [0.25, 0.3) is 0 Å². The summed E-state index contributed by atoms with van der Waals surface area (Å²) in [5.41, 5.74) is 6.88. The first kappa shape index (κ1) is 24.9. The average molecular weight is 446 g/mol. The van der Waals surface area contributed by atoms with Gasteiger partial charge in [-0.3, -0.25) is 14.4 Å². The zero-order chi connectivity index (χ0) is 23.8. The number of fused-ring (bicyclic) bond motifs is 1. The van der Waals surface area contributed by atoms with Crippen molar-refractivity contribution >= 4 is 34.6 Å². The number of aromatic amines is 1. The highest BCUT2D eigenvalue weighted by atomic mass is 16.4. The quantitative estimate of drug-likeness (QED) is 0.290. The molecule has 2 aromatic rings. The Kier molecular flexibility index (Phi) is 8.77. The molecule has 1 heterocycles. The number of aromatic nitrogens is 1. The van der Waals surface area contributed by atoms with Crippen LogP contribution in [-0.2, 0) is 25.6 Å². The minimum Gasteiger partial charge on any atom is -0.480 e. The van der Waals surface area contributed by atoms with Crippen molar-refractivity contribution in [2.24, 2.45) is 11.7 Å². The Morgan fingerprint density at radius 2 is 1.66 bits per heavy atom. The van der Waals surface area contributed by atoms with Crippen molar-refractivity contribution in [3.05, 3.63) is 36.0 Å². The maximum atomic E-state index is 12.9. The monoisotopic (exact) mass is 445 g/mol. The maximum absolute atomic E-state index is 12.9. The molecule has 0 saturated heterocycles. The van der Waals surface area contributed by atoms with Crippen LogP contribution in [0.4, 0.5) is 0 Å². The van der Waals surface area contributed by atoms with Gasteiger partial charge in [-0.1, -0.05) is 32.0 Å².